The predicted octanol–water partition coefficient (Wildman–Crippen LogP) is 3.49. The van der Waals surface area contributed by atoms with Crippen LogP contribution in [0.5, 0.6) is 0 Å². The van der Waals surface area contributed by atoms with E-state index < -0.39 is 26.3 Å². The summed E-state index contributed by atoms with van der Waals surface area (Å²) in [7, 11) is -4.70. The third-order valence-corrected chi connectivity index (χ3v) is 5.40. The minimum Gasteiger partial charge on any atom is -0.346 e. The van der Waals surface area contributed by atoms with Crippen molar-refractivity contribution in [2.45, 2.75) is 12.5 Å². The van der Waals surface area contributed by atoms with Crippen LogP contribution in [0.1, 0.15) is 15.2 Å². The minimum absolute atomic E-state index is 0.161. The number of hydrogen-bond donors (Lipinski definition) is 3. The molecule has 1 amide bonds. The summed E-state index contributed by atoms with van der Waals surface area (Å²) in [5.74, 6) is -0.815. The second-order valence-corrected chi connectivity index (χ2v) is 8.26. The van der Waals surface area contributed by atoms with Crippen molar-refractivity contribution in [3.05, 3.63) is 70.9 Å². The number of amides is 1. The number of hydrogen-bond acceptors (Lipinski definition) is 4. The van der Waals surface area contributed by atoms with E-state index in [9.17, 15) is 13.8 Å². The highest BCUT2D eigenvalue weighted by atomic mass is 32.1. The quantitative estimate of drug-likeness (QED) is 0.519. The van der Waals surface area contributed by atoms with E-state index in [1.165, 1.54) is 29.5 Å². The molecule has 1 aromatic heterocycles. The van der Waals surface area contributed by atoms with Gasteiger partial charge in [-0.25, -0.2) is 8.96 Å². The van der Waals surface area contributed by atoms with Crippen LogP contribution in [0.4, 0.5) is 4.39 Å². The van der Waals surface area contributed by atoms with Gasteiger partial charge in [-0.1, -0.05) is 30.3 Å². The first-order chi connectivity index (χ1) is 12.8. The maximum atomic E-state index is 13.4. The Morgan fingerprint density at radius 3 is 2.67 bits per heavy atom. The van der Waals surface area contributed by atoms with E-state index in [4.69, 9.17) is 9.79 Å². The van der Waals surface area contributed by atoms with Crippen molar-refractivity contribution in [3.63, 3.8) is 0 Å². The molecule has 0 saturated carbocycles. The molecule has 0 aliphatic heterocycles. The molecule has 6 nitrogen and oxygen atoms in total. The number of phosphoric acid groups is 1. The van der Waals surface area contributed by atoms with Gasteiger partial charge in [0.25, 0.3) is 5.91 Å². The molecule has 0 fully saturated rings. The van der Waals surface area contributed by atoms with Gasteiger partial charge < -0.3 is 15.1 Å². The standard InChI is InChI=1S/C18H17FNO5PS/c19-14-6-3-4-12(8-14)9-15(11-25-26(22,23)24)20-18(21)17-10-13-5-1-2-7-16(13)27-17/h1-8,10,15H,9,11H2,(H,20,21)(H2,22,23,24). The molecule has 142 valence electrons. The molecule has 0 aliphatic carbocycles. The topological polar surface area (TPSA) is 95.9 Å². The molecule has 1 unspecified atom stereocenters. The summed E-state index contributed by atoms with van der Waals surface area (Å²) in [6.07, 6.45) is 0.161. The highest BCUT2D eigenvalue weighted by molar-refractivity contribution is 7.46. The molecule has 27 heavy (non-hydrogen) atoms. The van der Waals surface area contributed by atoms with Crippen LogP contribution in [-0.2, 0) is 15.5 Å². The van der Waals surface area contributed by atoms with Crippen LogP contribution in [0, 0.1) is 5.82 Å². The second kappa shape index (κ2) is 8.29. The highest BCUT2D eigenvalue weighted by Crippen LogP contribution is 2.36. The normalized spacial score (nSPS) is 12.9. The van der Waals surface area contributed by atoms with E-state index in [1.807, 2.05) is 24.3 Å². The van der Waals surface area contributed by atoms with E-state index in [0.29, 0.717) is 10.4 Å². The number of carbonyl (C=O) groups is 1. The SMILES string of the molecule is O=C(NC(COP(=O)(O)O)Cc1cccc(F)c1)c1cc2ccccc2s1. The van der Waals surface area contributed by atoms with Crippen molar-refractivity contribution in [2.75, 3.05) is 6.61 Å². The molecule has 0 saturated heterocycles. The Hall–Kier alpha value is -2.09. The Balaban J connectivity index is 1.76. The summed E-state index contributed by atoms with van der Waals surface area (Å²) in [6.45, 7) is -0.405. The third kappa shape index (κ3) is 5.69. The van der Waals surface area contributed by atoms with Gasteiger partial charge in [-0.3, -0.25) is 9.32 Å². The first kappa shape index (κ1) is 19.7. The lowest BCUT2D eigenvalue weighted by molar-refractivity contribution is 0.0913. The van der Waals surface area contributed by atoms with Gasteiger partial charge in [-0.05, 0) is 41.6 Å². The maximum Gasteiger partial charge on any atom is 0.469 e. The number of phosphoric ester groups is 1. The van der Waals surface area contributed by atoms with E-state index in [-0.39, 0.29) is 12.3 Å². The molecule has 0 bridgehead atoms. The van der Waals surface area contributed by atoms with Crippen LogP contribution in [0.25, 0.3) is 10.1 Å². The number of halogens is 1. The van der Waals surface area contributed by atoms with Gasteiger partial charge in [0.05, 0.1) is 17.5 Å². The van der Waals surface area contributed by atoms with Gasteiger partial charge in [0.2, 0.25) is 0 Å². The predicted molar refractivity (Wildman–Crippen MR) is 101 cm³/mol. The number of nitrogens with one attached hydrogen (secondary N) is 1. The van der Waals surface area contributed by atoms with Crippen molar-refractivity contribution in [2.24, 2.45) is 0 Å². The van der Waals surface area contributed by atoms with Crippen molar-refractivity contribution in [1.29, 1.82) is 0 Å². The number of carbonyl (C=O) groups excluding carboxylic acids is 1. The summed E-state index contributed by atoms with van der Waals surface area (Å²) in [5.41, 5.74) is 0.575. The fourth-order valence-electron chi connectivity index (χ4n) is 2.64. The van der Waals surface area contributed by atoms with E-state index in [2.05, 4.69) is 9.84 Å². The molecule has 3 rings (SSSR count). The molecule has 0 aliphatic rings. The Morgan fingerprint density at radius 2 is 1.96 bits per heavy atom. The van der Waals surface area contributed by atoms with Crippen LogP contribution in [0.3, 0.4) is 0 Å². The summed E-state index contributed by atoms with van der Waals surface area (Å²) < 4.78 is 29.9. The van der Waals surface area contributed by atoms with E-state index in [1.54, 1.807) is 12.1 Å². The van der Waals surface area contributed by atoms with Crippen molar-refractivity contribution < 1.29 is 28.1 Å². The minimum atomic E-state index is -4.70. The maximum absolute atomic E-state index is 13.4. The molecule has 0 radical (unpaired) electrons. The average molecular weight is 409 g/mol. The van der Waals surface area contributed by atoms with Crippen LogP contribution >= 0.6 is 19.2 Å². The zero-order chi connectivity index (χ0) is 19.4. The lowest BCUT2D eigenvalue weighted by Gasteiger charge is -2.19. The van der Waals surface area contributed by atoms with Gasteiger partial charge in [-0.15, -0.1) is 11.3 Å². The Morgan fingerprint density at radius 1 is 1.19 bits per heavy atom. The zero-order valence-corrected chi connectivity index (χ0v) is 15.8. The van der Waals surface area contributed by atoms with Crippen molar-refractivity contribution in [1.82, 2.24) is 5.32 Å². The van der Waals surface area contributed by atoms with Gasteiger partial charge in [-0.2, -0.15) is 0 Å². The van der Waals surface area contributed by atoms with Crippen molar-refractivity contribution >= 4 is 35.2 Å². The lowest BCUT2D eigenvalue weighted by atomic mass is 10.1. The Bertz CT molecular complexity index is 969. The summed E-state index contributed by atoms with van der Waals surface area (Å²) >= 11 is 1.31. The fraction of sp³-hybridized carbons (Fsp3) is 0.167. The van der Waals surface area contributed by atoms with Gasteiger partial charge in [0.1, 0.15) is 5.82 Å². The van der Waals surface area contributed by atoms with E-state index >= 15 is 0 Å². The van der Waals surface area contributed by atoms with Crippen LogP contribution in [0.2, 0.25) is 0 Å². The molecule has 3 N–H and O–H groups in total. The summed E-state index contributed by atoms with van der Waals surface area (Å²) in [6, 6.07) is 14.3. The fourth-order valence-corrected chi connectivity index (χ4v) is 3.98. The molecule has 3 aromatic rings. The second-order valence-electron chi connectivity index (χ2n) is 5.94. The van der Waals surface area contributed by atoms with Crippen LogP contribution < -0.4 is 5.32 Å². The van der Waals surface area contributed by atoms with Crippen LogP contribution in [-0.4, -0.2) is 28.3 Å². The number of thiophene rings is 1. The lowest BCUT2D eigenvalue weighted by Crippen LogP contribution is -2.39. The van der Waals surface area contributed by atoms with Crippen molar-refractivity contribution in [3.8, 4) is 0 Å². The average Bonchev–Trinajstić information content (AvgIpc) is 3.03. The molecular weight excluding hydrogens is 392 g/mol. The number of rotatable bonds is 7. The Kier molecular flexibility index (Phi) is 6.04. The molecule has 2 aromatic carbocycles. The summed E-state index contributed by atoms with van der Waals surface area (Å²) in [5, 5.41) is 3.65. The Labute approximate surface area is 158 Å². The molecule has 1 heterocycles. The highest BCUT2D eigenvalue weighted by Gasteiger charge is 2.21. The number of fused-ring (bicyclic) bond motifs is 1. The zero-order valence-electron chi connectivity index (χ0n) is 14.0. The van der Waals surface area contributed by atoms with Gasteiger partial charge >= 0.3 is 7.82 Å². The first-order valence-electron chi connectivity index (χ1n) is 8.04. The first-order valence-corrected chi connectivity index (χ1v) is 10.4. The number of benzene rings is 2. The third-order valence-electron chi connectivity index (χ3n) is 3.80. The smallest absolute Gasteiger partial charge is 0.346 e. The van der Waals surface area contributed by atoms with Crippen LogP contribution in [0.15, 0.2) is 54.6 Å². The van der Waals surface area contributed by atoms with E-state index in [0.717, 1.165) is 10.1 Å². The molecular formula is C18H17FNO5PS. The molecule has 0 spiro atoms. The molecule has 1 atom stereocenters. The van der Waals surface area contributed by atoms with Gasteiger partial charge in [0, 0.05) is 4.70 Å². The van der Waals surface area contributed by atoms with Gasteiger partial charge in [0.15, 0.2) is 0 Å². The molecule has 9 heteroatoms. The largest absolute Gasteiger partial charge is 0.469 e. The monoisotopic (exact) mass is 409 g/mol. The summed E-state index contributed by atoms with van der Waals surface area (Å²) in [4.78, 5) is 30.9.